The van der Waals surface area contributed by atoms with Crippen LogP contribution in [0.25, 0.3) is 0 Å². The molecule has 0 saturated heterocycles. The highest BCUT2D eigenvalue weighted by atomic mass is 127. The summed E-state index contributed by atoms with van der Waals surface area (Å²) in [6.45, 7) is 0. The number of rotatable bonds is 3. The number of benzene rings is 1. The zero-order valence-electron chi connectivity index (χ0n) is 8.51. The maximum absolute atomic E-state index is 11.9. The molecule has 0 aliphatic heterocycles. The van der Waals surface area contributed by atoms with E-state index in [9.17, 15) is 9.59 Å². The van der Waals surface area contributed by atoms with Crippen LogP contribution < -0.4 is 0 Å². The average Bonchev–Trinajstić information content (AvgIpc) is 2.77. The van der Waals surface area contributed by atoms with Gasteiger partial charge in [0.1, 0.15) is 0 Å². The Morgan fingerprint density at radius 3 is 2.41 bits per heavy atom. The molecule has 17 heavy (non-hydrogen) atoms. The smallest absolute Gasteiger partial charge is 0.371 e. The van der Waals surface area contributed by atoms with Gasteiger partial charge >= 0.3 is 5.97 Å². The van der Waals surface area contributed by atoms with E-state index in [2.05, 4.69) is 22.6 Å². The minimum atomic E-state index is -1.19. The van der Waals surface area contributed by atoms with Gasteiger partial charge in [0.2, 0.25) is 11.5 Å². The minimum absolute atomic E-state index is 0.0319. The number of carbonyl (C=O) groups excluding carboxylic acids is 1. The molecule has 0 radical (unpaired) electrons. The van der Waals surface area contributed by atoms with E-state index in [-0.39, 0.29) is 17.3 Å². The monoisotopic (exact) mass is 342 g/mol. The van der Waals surface area contributed by atoms with E-state index in [4.69, 9.17) is 9.52 Å². The van der Waals surface area contributed by atoms with Crippen molar-refractivity contribution < 1.29 is 19.1 Å². The third-order valence-corrected chi connectivity index (χ3v) is 2.80. The highest BCUT2D eigenvalue weighted by Gasteiger charge is 2.16. The zero-order chi connectivity index (χ0) is 12.4. The van der Waals surface area contributed by atoms with Gasteiger partial charge in [-0.25, -0.2) is 4.79 Å². The number of carbonyl (C=O) groups is 2. The predicted octanol–water partition coefficient (Wildman–Crippen LogP) is 2.81. The third kappa shape index (κ3) is 2.55. The van der Waals surface area contributed by atoms with Crippen LogP contribution in [0.3, 0.4) is 0 Å². The molecule has 0 aliphatic rings. The number of aromatic carboxylic acids is 1. The summed E-state index contributed by atoms with van der Waals surface area (Å²) < 4.78 is 5.88. The van der Waals surface area contributed by atoms with Gasteiger partial charge in [-0.3, -0.25) is 4.79 Å². The molecule has 0 spiro atoms. The van der Waals surface area contributed by atoms with Crippen LogP contribution in [0, 0.1) is 3.57 Å². The average molecular weight is 342 g/mol. The Kier molecular flexibility index (Phi) is 3.28. The van der Waals surface area contributed by atoms with Gasteiger partial charge in [-0.2, -0.15) is 0 Å². The van der Waals surface area contributed by atoms with E-state index in [1.54, 1.807) is 18.2 Å². The molecule has 0 saturated carbocycles. The molecule has 4 nitrogen and oxygen atoms in total. The maximum atomic E-state index is 11.9. The van der Waals surface area contributed by atoms with Crippen molar-refractivity contribution in [3.63, 3.8) is 0 Å². The lowest BCUT2D eigenvalue weighted by molar-refractivity contribution is 0.0660. The minimum Gasteiger partial charge on any atom is -0.475 e. The lowest BCUT2D eigenvalue weighted by Crippen LogP contribution is -2.00. The number of hydrogen-bond acceptors (Lipinski definition) is 3. The van der Waals surface area contributed by atoms with Gasteiger partial charge in [0, 0.05) is 9.13 Å². The van der Waals surface area contributed by atoms with Crippen molar-refractivity contribution >= 4 is 34.3 Å². The van der Waals surface area contributed by atoms with Crippen LogP contribution in [0.2, 0.25) is 0 Å². The molecule has 0 bridgehead atoms. The van der Waals surface area contributed by atoms with Gasteiger partial charge in [-0.15, -0.1) is 0 Å². The largest absolute Gasteiger partial charge is 0.475 e. The fraction of sp³-hybridized carbons (Fsp3) is 0. The first-order valence-corrected chi connectivity index (χ1v) is 5.79. The van der Waals surface area contributed by atoms with E-state index in [1.165, 1.54) is 12.1 Å². The lowest BCUT2D eigenvalue weighted by atomic mass is 10.1. The molecule has 0 amide bonds. The Balaban J connectivity index is 2.34. The normalized spacial score (nSPS) is 10.2. The van der Waals surface area contributed by atoms with Crippen LogP contribution in [0.1, 0.15) is 26.7 Å². The number of ketones is 1. The summed E-state index contributed by atoms with van der Waals surface area (Å²) in [5.41, 5.74) is 0.475. The van der Waals surface area contributed by atoms with Crippen LogP contribution >= 0.6 is 22.6 Å². The molecule has 2 aromatic rings. The summed E-state index contributed by atoms with van der Waals surface area (Å²) >= 11 is 2.10. The van der Waals surface area contributed by atoms with Gasteiger partial charge in [-0.1, -0.05) is 12.1 Å². The number of carboxylic acid groups (broad SMARTS) is 1. The molecule has 1 aromatic carbocycles. The molecule has 0 unspecified atom stereocenters. The first-order chi connectivity index (χ1) is 8.08. The van der Waals surface area contributed by atoms with Crippen molar-refractivity contribution in [2.75, 3.05) is 0 Å². The molecule has 1 aromatic heterocycles. The van der Waals surface area contributed by atoms with Gasteiger partial charge in [0.05, 0.1) is 0 Å². The van der Waals surface area contributed by atoms with Crippen LogP contribution in [0.4, 0.5) is 0 Å². The first-order valence-electron chi connectivity index (χ1n) is 4.71. The Labute approximate surface area is 110 Å². The van der Waals surface area contributed by atoms with Crippen LogP contribution in [0.15, 0.2) is 40.8 Å². The van der Waals surface area contributed by atoms with Gasteiger partial charge in [0.25, 0.3) is 0 Å². The van der Waals surface area contributed by atoms with Gasteiger partial charge < -0.3 is 9.52 Å². The van der Waals surface area contributed by atoms with E-state index >= 15 is 0 Å². The van der Waals surface area contributed by atoms with Gasteiger partial charge in [-0.05, 0) is 46.9 Å². The van der Waals surface area contributed by atoms with E-state index in [0.717, 1.165) is 3.57 Å². The van der Waals surface area contributed by atoms with E-state index in [0.29, 0.717) is 5.56 Å². The number of halogens is 1. The molecule has 5 heteroatoms. The van der Waals surface area contributed by atoms with Gasteiger partial charge in [0.15, 0.2) is 5.76 Å². The summed E-state index contributed by atoms with van der Waals surface area (Å²) in [5, 5.41) is 8.69. The molecular formula is C12H7IO4. The van der Waals surface area contributed by atoms with Crippen molar-refractivity contribution in [1.29, 1.82) is 0 Å². The van der Waals surface area contributed by atoms with Crippen molar-refractivity contribution in [1.82, 2.24) is 0 Å². The SMILES string of the molecule is O=C(O)c1ccc(C(=O)c2cccc(I)c2)o1. The second-order valence-electron chi connectivity index (χ2n) is 3.31. The molecule has 0 fully saturated rings. The van der Waals surface area contributed by atoms with Crippen LogP contribution in [-0.4, -0.2) is 16.9 Å². The van der Waals surface area contributed by atoms with Crippen LogP contribution in [0.5, 0.6) is 0 Å². The van der Waals surface area contributed by atoms with Crippen LogP contribution in [-0.2, 0) is 0 Å². The Morgan fingerprint density at radius 2 is 1.82 bits per heavy atom. The molecule has 1 heterocycles. The number of hydrogen-bond donors (Lipinski definition) is 1. The zero-order valence-corrected chi connectivity index (χ0v) is 10.7. The molecule has 0 aliphatic carbocycles. The van der Waals surface area contributed by atoms with Crippen molar-refractivity contribution in [2.45, 2.75) is 0 Å². The fourth-order valence-corrected chi connectivity index (χ4v) is 1.89. The summed E-state index contributed by atoms with van der Waals surface area (Å²) in [6.07, 6.45) is 0. The first kappa shape index (κ1) is 11.8. The molecule has 86 valence electrons. The topological polar surface area (TPSA) is 67.5 Å². The summed E-state index contributed by atoms with van der Waals surface area (Å²) in [7, 11) is 0. The molecule has 1 N–H and O–H groups in total. The summed E-state index contributed by atoms with van der Waals surface area (Å²) in [6, 6.07) is 9.63. The Hall–Kier alpha value is -1.63. The summed E-state index contributed by atoms with van der Waals surface area (Å²) in [4.78, 5) is 22.6. The van der Waals surface area contributed by atoms with Crippen molar-refractivity contribution in [3.8, 4) is 0 Å². The molecule has 2 rings (SSSR count). The van der Waals surface area contributed by atoms with E-state index < -0.39 is 5.97 Å². The third-order valence-electron chi connectivity index (χ3n) is 2.13. The maximum Gasteiger partial charge on any atom is 0.371 e. The highest BCUT2D eigenvalue weighted by molar-refractivity contribution is 14.1. The number of carboxylic acids is 1. The van der Waals surface area contributed by atoms with Crippen molar-refractivity contribution in [2.24, 2.45) is 0 Å². The highest BCUT2D eigenvalue weighted by Crippen LogP contribution is 2.15. The fourth-order valence-electron chi connectivity index (χ4n) is 1.35. The lowest BCUT2D eigenvalue weighted by Gasteiger charge is -1.98. The summed E-state index contributed by atoms with van der Waals surface area (Å²) in [5.74, 6) is -1.72. The second-order valence-corrected chi connectivity index (χ2v) is 4.55. The molecule has 0 atom stereocenters. The van der Waals surface area contributed by atoms with E-state index in [1.807, 2.05) is 6.07 Å². The predicted molar refractivity (Wildman–Crippen MR) is 68.3 cm³/mol. The Morgan fingerprint density at radius 1 is 1.12 bits per heavy atom. The molecular weight excluding hydrogens is 335 g/mol. The standard InChI is InChI=1S/C12H7IO4/c13-8-3-1-2-7(6-8)11(14)9-4-5-10(17-9)12(15)16/h1-6H,(H,15,16). The van der Waals surface area contributed by atoms with Crippen molar-refractivity contribution in [3.05, 3.63) is 57.1 Å². The quantitative estimate of drug-likeness (QED) is 0.688. The number of furan rings is 1. The Bertz CT molecular complexity index is 586. The second kappa shape index (κ2) is 4.70.